The summed E-state index contributed by atoms with van der Waals surface area (Å²) in [4.78, 5) is 0. The van der Waals surface area contributed by atoms with Crippen molar-refractivity contribution in [1.29, 1.82) is 0 Å². The molecule has 0 aliphatic heterocycles. The maximum atomic E-state index is 13.9. The number of hydrogen-bond acceptors (Lipinski definition) is 2. The van der Waals surface area contributed by atoms with Crippen LogP contribution < -0.4 is 4.74 Å². The van der Waals surface area contributed by atoms with Gasteiger partial charge in [-0.1, -0.05) is 0 Å². The fourth-order valence-electron chi connectivity index (χ4n) is 2.21. The summed E-state index contributed by atoms with van der Waals surface area (Å²) in [6, 6.07) is 4.86. The molecule has 0 N–H and O–H groups in total. The van der Waals surface area contributed by atoms with Crippen LogP contribution in [0.25, 0.3) is 0 Å². The molecule has 0 unspecified atom stereocenters. The second kappa shape index (κ2) is 6.34. The molecule has 0 spiro atoms. The van der Waals surface area contributed by atoms with E-state index in [0.29, 0.717) is 18.4 Å². The molecule has 5 heteroatoms. The van der Waals surface area contributed by atoms with Crippen molar-refractivity contribution in [2.24, 2.45) is 16.2 Å². The summed E-state index contributed by atoms with van der Waals surface area (Å²) in [5.41, 5.74) is 1.66. The van der Waals surface area contributed by atoms with Crippen LogP contribution in [0.15, 0.2) is 22.6 Å². The van der Waals surface area contributed by atoms with Gasteiger partial charge >= 0.3 is 0 Å². The highest BCUT2D eigenvalue weighted by molar-refractivity contribution is 7.85. The monoisotopic (exact) mass is 337 g/mol. The average Bonchev–Trinajstić information content (AvgIpc) is 3.36. The van der Waals surface area contributed by atoms with Gasteiger partial charge < -0.3 is 4.74 Å². The van der Waals surface area contributed by atoms with Gasteiger partial charge in [0.25, 0.3) is 0 Å². The molecule has 23 heavy (non-hydrogen) atoms. The van der Waals surface area contributed by atoms with Gasteiger partial charge in [-0.3, -0.25) is 0 Å². The van der Waals surface area contributed by atoms with E-state index in [2.05, 4.69) is 4.40 Å². The van der Waals surface area contributed by atoms with Crippen LogP contribution in [-0.2, 0) is 11.0 Å². The zero-order valence-electron chi connectivity index (χ0n) is 14.0. The minimum absolute atomic E-state index is 0.282. The smallest absolute Gasteiger partial charge is 0.165 e. The Labute approximate surface area is 139 Å². The number of ether oxygens (including phenoxy) is 1. The summed E-state index contributed by atoms with van der Waals surface area (Å²) in [5.74, 6) is 0.844. The molecule has 2 saturated carbocycles. The Kier molecular flexibility index (Phi) is 4.59. The van der Waals surface area contributed by atoms with Crippen LogP contribution in [-0.4, -0.2) is 21.3 Å². The first kappa shape index (κ1) is 16.6. The van der Waals surface area contributed by atoms with E-state index in [-0.39, 0.29) is 11.6 Å². The fourth-order valence-corrected chi connectivity index (χ4v) is 2.92. The number of nitrogens with zero attached hydrogens (tertiary/aromatic N) is 1. The Hall–Kier alpha value is -1.23. The van der Waals surface area contributed by atoms with Crippen LogP contribution in [0.3, 0.4) is 0 Å². The molecule has 0 radical (unpaired) electrons. The van der Waals surface area contributed by atoms with E-state index in [9.17, 15) is 8.60 Å². The van der Waals surface area contributed by atoms with E-state index in [1.54, 1.807) is 12.1 Å². The third-order valence-electron chi connectivity index (χ3n) is 4.07. The topological polar surface area (TPSA) is 38.7 Å². The summed E-state index contributed by atoms with van der Waals surface area (Å²) >= 11 is 0. The van der Waals surface area contributed by atoms with Crippen LogP contribution in [0.5, 0.6) is 5.75 Å². The highest BCUT2D eigenvalue weighted by atomic mass is 32.2. The summed E-state index contributed by atoms with van der Waals surface area (Å²) in [6.07, 6.45) is 4.44. The van der Waals surface area contributed by atoms with Crippen LogP contribution in [0, 0.1) is 17.7 Å². The Bertz CT molecular complexity index is 643. The van der Waals surface area contributed by atoms with E-state index in [0.717, 1.165) is 24.1 Å². The molecule has 2 aliphatic carbocycles. The summed E-state index contributed by atoms with van der Waals surface area (Å²) < 4.78 is 36.0. The number of benzene rings is 1. The Balaban J connectivity index is 1.85. The lowest BCUT2D eigenvalue weighted by atomic mass is 10.1. The van der Waals surface area contributed by atoms with Crippen LogP contribution in [0.1, 0.15) is 52.0 Å². The summed E-state index contributed by atoms with van der Waals surface area (Å²) in [7, 11) is -1.31. The van der Waals surface area contributed by atoms with Gasteiger partial charge in [0.2, 0.25) is 0 Å². The Morgan fingerprint density at radius 1 is 1.30 bits per heavy atom. The third kappa shape index (κ3) is 4.40. The molecule has 126 valence electrons. The Morgan fingerprint density at radius 2 is 2.00 bits per heavy atom. The first-order valence-corrected chi connectivity index (χ1v) is 9.38. The molecule has 3 rings (SSSR count). The predicted octanol–water partition coefficient (Wildman–Crippen LogP) is 4.28. The average molecular weight is 337 g/mol. The van der Waals surface area contributed by atoms with E-state index < -0.39 is 15.7 Å². The normalized spacial score (nSPS) is 20.4. The van der Waals surface area contributed by atoms with Gasteiger partial charge in [0, 0.05) is 11.5 Å². The van der Waals surface area contributed by atoms with Crippen LogP contribution >= 0.6 is 0 Å². The number of hydrogen-bond donors (Lipinski definition) is 0. The lowest BCUT2D eigenvalue weighted by molar-refractivity contribution is 0.285. The first-order chi connectivity index (χ1) is 10.8. The van der Waals surface area contributed by atoms with E-state index >= 15 is 0 Å². The van der Waals surface area contributed by atoms with Gasteiger partial charge in [-0.15, -0.1) is 0 Å². The van der Waals surface area contributed by atoms with Crippen molar-refractivity contribution < 1.29 is 13.3 Å². The molecule has 0 aromatic heterocycles. The molecule has 2 fully saturated rings. The summed E-state index contributed by atoms with van der Waals surface area (Å²) in [6.45, 7) is 6.30. The van der Waals surface area contributed by atoms with Gasteiger partial charge in [0.05, 0.1) is 17.1 Å². The molecular weight excluding hydrogens is 313 g/mol. The lowest BCUT2D eigenvalue weighted by Crippen LogP contribution is -2.21. The van der Waals surface area contributed by atoms with Gasteiger partial charge in [0.1, 0.15) is 11.0 Å². The predicted molar refractivity (Wildman–Crippen MR) is 91.8 cm³/mol. The minimum atomic E-state index is -1.31. The lowest BCUT2D eigenvalue weighted by Gasteiger charge is -2.16. The molecule has 2 aliphatic rings. The second-order valence-corrected chi connectivity index (χ2v) is 9.42. The molecule has 0 heterocycles. The van der Waals surface area contributed by atoms with Crippen molar-refractivity contribution in [2.45, 2.75) is 51.2 Å². The van der Waals surface area contributed by atoms with Crippen molar-refractivity contribution in [3.8, 4) is 5.75 Å². The molecule has 3 nitrogen and oxygen atoms in total. The number of rotatable bonds is 6. The van der Waals surface area contributed by atoms with Crippen molar-refractivity contribution in [3.05, 3.63) is 29.6 Å². The fraction of sp³-hybridized carbons (Fsp3) is 0.611. The standard InChI is InChI=1S/C18H24FNO2S/c1-18(2,3)23(21)20-17(13-6-7-13)14-8-9-15(19)16(10-14)22-11-12-4-5-12/h8-10,12-13H,4-7,11H2,1-3H3/b20-17+/t23-/m0/s1. The molecule has 0 bridgehead atoms. The molecule has 1 aromatic rings. The highest BCUT2D eigenvalue weighted by Crippen LogP contribution is 2.36. The largest absolute Gasteiger partial charge is 0.490 e. The maximum Gasteiger partial charge on any atom is 0.165 e. The zero-order chi connectivity index (χ0) is 16.6. The molecule has 0 amide bonds. The molecular formula is C18H24FNO2S. The van der Waals surface area contributed by atoms with Crippen molar-refractivity contribution in [1.82, 2.24) is 0 Å². The molecule has 0 saturated heterocycles. The SMILES string of the molecule is CC(C)(C)[S@](=O)/N=C(/c1ccc(F)c(OCC2CC2)c1)C1CC1. The minimum Gasteiger partial charge on any atom is -0.490 e. The third-order valence-corrected chi connectivity index (χ3v) is 5.48. The molecule has 1 aromatic carbocycles. The maximum absolute atomic E-state index is 13.9. The van der Waals surface area contributed by atoms with E-state index in [4.69, 9.17) is 4.74 Å². The van der Waals surface area contributed by atoms with Crippen molar-refractivity contribution in [3.63, 3.8) is 0 Å². The Morgan fingerprint density at radius 3 is 2.57 bits per heavy atom. The van der Waals surface area contributed by atoms with Gasteiger partial charge in [0.15, 0.2) is 11.6 Å². The zero-order valence-corrected chi connectivity index (χ0v) is 14.8. The van der Waals surface area contributed by atoms with Crippen molar-refractivity contribution >= 4 is 16.7 Å². The second-order valence-electron chi connectivity index (χ2n) is 7.51. The molecule has 1 atom stereocenters. The van der Waals surface area contributed by atoms with Crippen LogP contribution in [0.2, 0.25) is 0 Å². The van der Waals surface area contributed by atoms with Gasteiger partial charge in [-0.2, -0.15) is 4.40 Å². The van der Waals surface area contributed by atoms with Gasteiger partial charge in [-0.05, 0) is 70.6 Å². The van der Waals surface area contributed by atoms with E-state index in [1.807, 2.05) is 20.8 Å². The van der Waals surface area contributed by atoms with Crippen molar-refractivity contribution in [2.75, 3.05) is 6.61 Å². The highest BCUT2D eigenvalue weighted by Gasteiger charge is 2.31. The van der Waals surface area contributed by atoms with Gasteiger partial charge in [-0.25, -0.2) is 8.60 Å². The quantitative estimate of drug-likeness (QED) is 0.727. The first-order valence-electron chi connectivity index (χ1n) is 8.28. The van der Waals surface area contributed by atoms with E-state index in [1.165, 1.54) is 18.9 Å². The summed E-state index contributed by atoms with van der Waals surface area (Å²) in [5, 5.41) is 0. The van der Waals surface area contributed by atoms with Crippen LogP contribution in [0.4, 0.5) is 4.39 Å². The number of halogens is 1.